The average molecular weight is 463 g/mol. The van der Waals surface area contributed by atoms with E-state index in [1.54, 1.807) is 11.0 Å². The van der Waals surface area contributed by atoms with Crippen LogP contribution in [0.1, 0.15) is 36.3 Å². The monoisotopic (exact) mass is 462 g/mol. The number of hydrogen-bond donors (Lipinski definition) is 3. The maximum Gasteiger partial charge on any atom is 0.247 e. The van der Waals surface area contributed by atoms with Crippen LogP contribution in [0.3, 0.4) is 0 Å². The number of carbonyl (C=O) groups excluding carboxylic acids is 2. The molecule has 2 aromatic rings. The summed E-state index contributed by atoms with van der Waals surface area (Å²) in [4.78, 5) is 28.4. The van der Waals surface area contributed by atoms with Crippen LogP contribution >= 0.6 is 0 Å². The van der Waals surface area contributed by atoms with Crippen molar-refractivity contribution in [1.29, 1.82) is 0 Å². The van der Waals surface area contributed by atoms with Crippen LogP contribution in [0.25, 0.3) is 0 Å². The molecule has 3 N–H and O–H groups in total. The van der Waals surface area contributed by atoms with Crippen LogP contribution in [-0.4, -0.2) is 58.3 Å². The minimum absolute atomic E-state index is 0.000481. The molecular formula is C27H30N2O5. The van der Waals surface area contributed by atoms with E-state index in [0.29, 0.717) is 17.9 Å². The van der Waals surface area contributed by atoms with Crippen molar-refractivity contribution in [3.63, 3.8) is 0 Å². The van der Waals surface area contributed by atoms with Crippen molar-refractivity contribution in [3.8, 4) is 5.75 Å². The van der Waals surface area contributed by atoms with Gasteiger partial charge in [0.1, 0.15) is 18.0 Å². The number of nitrogens with zero attached hydrogens (tertiary/aromatic N) is 1. The molecule has 34 heavy (non-hydrogen) atoms. The number of aliphatic hydroxyl groups is 2. The largest absolute Gasteiger partial charge is 0.486 e. The molecule has 2 amide bonds. The third kappa shape index (κ3) is 4.10. The first kappa shape index (κ1) is 22.6. The van der Waals surface area contributed by atoms with Gasteiger partial charge >= 0.3 is 0 Å². The molecule has 7 heteroatoms. The minimum atomic E-state index is -1.00. The molecule has 4 atom stereocenters. The highest BCUT2D eigenvalue weighted by molar-refractivity contribution is 5.96. The summed E-state index contributed by atoms with van der Waals surface area (Å²) in [6.07, 6.45) is 2.76. The number of carbonyl (C=O) groups is 2. The smallest absolute Gasteiger partial charge is 0.247 e. The van der Waals surface area contributed by atoms with E-state index < -0.39 is 24.2 Å². The first-order chi connectivity index (χ1) is 16.6. The topological polar surface area (TPSA) is 99.1 Å². The summed E-state index contributed by atoms with van der Waals surface area (Å²) in [6.45, 7) is 0.287. The van der Waals surface area contributed by atoms with Crippen molar-refractivity contribution >= 4 is 11.8 Å². The molecule has 1 aliphatic heterocycles. The lowest BCUT2D eigenvalue weighted by molar-refractivity contribution is -0.144. The van der Waals surface area contributed by atoms with Gasteiger partial charge in [-0.25, -0.2) is 0 Å². The molecule has 1 fully saturated rings. The number of nitrogens with one attached hydrogen (secondary N) is 1. The third-order valence-electron chi connectivity index (χ3n) is 7.17. The van der Waals surface area contributed by atoms with E-state index >= 15 is 0 Å². The van der Waals surface area contributed by atoms with Gasteiger partial charge in [0, 0.05) is 30.1 Å². The summed E-state index contributed by atoms with van der Waals surface area (Å²) >= 11 is 0. The second kappa shape index (κ2) is 9.60. The van der Waals surface area contributed by atoms with Crippen LogP contribution in [0.4, 0.5) is 0 Å². The van der Waals surface area contributed by atoms with Gasteiger partial charge in [-0.2, -0.15) is 0 Å². The van der Waals surface area contributed by atoms with Crippen molar-refractivity contribution in [2.75, 3.05) is 13.2 Å². The average Bonchev–Trinajstić information content (AvgIpc) is 3.21. The maximum atomic E-state index is 13.5. The summed E-state index contributed by atoms with van der Waals surface area (Å²) in [5.41, 5.74) is 2.26. The molecule has 4 unspecified atom stereocenters. The zero-order valence-electron chi connectivity index (χ0n) is 19.0. The maximum absolute atomic E-state index is 13.5. The lowest BCUT2D eigenvalue weighted by Crippen LogP contribution is -2.56. The van der Waals surface area contributed by atoms with E-state index in [1.165, 1.54) is 0 Å². The fourth-order valence-corrected chi connectivity index (χ4v) is 5.19. The van der Waals surface area contributed by atoms with E-state index in [9.17, 15) is 19.8 Å². The Morgan fingerprint density at radius 3 is 2.50 bits per heavy atom. The fraction of sp³-hybridized carbons (Fsp3) is 0.407. The van der Waals surface area contributed by atoms with Crippen LogP contribution in [-0.2, 0) is 16.1 Å². The SMILES string of the molecule is O=C(NCCO)C1=CC(N(Cc2ccccc2)C(=O)C2CCC2)C(O)C2Oc3ccccc3C12. The van der Waals surface area contributed by atoms with Gasteiger partial charge in [-0.15, -0.1) is 0 Å². The summed E-state index contributed by atoms with van der Waals surface area (Å²) in [6, 6.07) is 16.5. The van der Waals surface area contributed by atoms with E-state index in [1.807, 2.05) is 54.6 Å². The standard InChI is InChI=1S/C27H30N2O5/c30-14-13-28-26(32)20-15-21(24(31)25-23(20)19-11-4-5-12-22(19)34-25)29(27(33)18-9-6-10-18)16-17-7-2-1-3-8-17/h1-5,7-8,11-12,15,18,21,23-25,30-31H,6,9-10,13-14,16H2,(H,28,32). The highest BCUT2D eigenvalue weighted by Gasteiger charge is 2.51. The van der Waals surface area contributed by atoms with Gasteiger partial charge in [0.2, 0.25) is 11.8 Å². The van der Waals surface area contributed by atoms with Crippen molar-refractivity contribution in [2.45, 2.75) is 50.0 Å². The number of hydrogen-bond acceptors (Lipinski definition) is 5. The van der Waals surface area contributed by atoms with Gasteiger partial charge in [0.05, 0.1) is 18.6 Å². The van der Waals surface area contributed by atoms with Gasteiger partial charge in [-0.3, -0.25) is 9.59 Å². The van der Waals surface area contributed by atoms with Crippen LogP contribution in [0, 0.1) is 5.92 Å². The van der Waals surface area contributed by atoms with Crippen molar-refractivity contribution < 1.29 is 24.5 Å². The molecule has 1 saturated carbocycles. The Labute approximate surface area is 199 Å². The first-order valence-corrected chi connectivity index (χ1v) is 12.0. The Balaban J connectivity index is 1.54. The van der Waals surface area contributed by atoms with E-state index in [0.717, 1.165) is 30.4 Å². The Kier molecular flexibility index (Phi) is 6.39. The summed E-state index contributed by atoms with van der Waals surface area (Å²) in [5, 5.41) is 23.5. The number of rotatable bonds is 7. The molecule has 0 aromatic heterocycles. The zero-order chi connectivity index (χ0) is 23.7. The van der Waals surface area contributed by atoms with Crippen molar-refractivity contribution in [3.05, 3.63) is 77.4 Å². The molecule has 5 rings (SSSR count). The summed E-state index contributed by atoms with van der Waals surface area (Å²) < 4.78 is 6.16. The molecule has 0 radical (unpaired) electrons. The normalized spacial score (nSPS) is 25.3. The minimum Gasteiger partial charge on any atom is -0.486 e. The molecule has 178 valence electrons. The van der Waals surface area contributed by atoms with Crippen LogP contribution < -0.4 is 10.1 Å². The molecule has 2 aromatic carbocycles. The van der Waals surface area contributed by atoms with E-state index in [-0.39, 0.29) is 30.9 Å². The number of benzene rings is 2. The van der Waals surface area contributed by atoms with Crippen LogP contribution in [0.15, 0.2) is 66.2 Å². The number of ether oxygens (including phenoxy) is 1. The second-order valence-corrected chi connectivity index (χ2v) is 9.26. The lowest BCUT2D eigenvalue weighted by Gasteiger charge is -2.42. The van der Waals surface area contributed by atoms with Crippen molar-refractivity contribution in [2.24, 2.45) is 5.92 Å². The molecule has 0 bridgehead atoms. The molecule has 3 aliphatic rings. The zero-order valence-corrected chi connectivity index (χ0v) is 19.0. The van der Waals surface area contributed by atoms with Crippen molar-refractivity contribution in [1.82, 2.24) is 10.2 Å². The number of amides is 2. The summed E-state index contributed by atoms with van der Waals surface area (Å²) in [5.74, 6) is -0.191. The molecular weight excluding hydrogens is 432 g/mol. The number of para-hydroxylation sites is 1. The second-order valence-electron chi connectivity index (χ2n) is 9.26. The predicted octanol–water partition coefficient (Wildman–Crippen LogP) is 2.14. The van der Waals surface area contributed by atoms with E-state index in [2.05, 4.69) is 5.32 Å². The predicted molar refractivity (Wildman–Crippen MR) is 126 cm³/mol. The van der Waals surface area contributed by atoms with Crippen LogP contribution in [0.2, 0.25) is 0 Å². The Morgan fingerprint density at radius 1 is 1.06 bits per heavy atom. The van der Waals surface area contributed by atoms with E-state index in [4.69, 9.17) is 4.74 Å². The lowest BCUT2D eigenvalue weighted by atomic mass is 9.76. The Hall–Kier alpha value is -3.16. The van der Waals surface area contributed by atoms with Crippen LogP contribution in [0.5, 0.6) is 5.75 Å². The number of aliphatic hydroxyl groups excluding tert-OH is 2. The molecule has 7 nitrogen and oxygen atoms in total. The third-order valence-corrected chi connectivity index (χ3v) is 7.17. The number of fused-ring (bicyclic) bond motifs is 3. The van der Waals surface area contributed by atoms with Gasteiger partial charge in [0.15, 0.2) is 0 Å². The molecule has 0 saturated heterocycles. The Morgan fingerprint density at radius 2 is 1.79 bits per heavy atom. The molecule has 0 spiro atoms. The molecule has 1 heterocycles. The highest BCUT2D eigenvalue weighted by atomic mass is 16.5. The fourth-order valence-electron chi connectivity index (χ4n) is 5.19. The first-order valence-electron chi connectivity index (χ1n) is 12.0. The quantitative estimate of drug-likeness (QED) is 0.586. The van der Waals surface area contributed by atoms with Gasteiger partial charge < -0.3 is 25.2 Å². The Bertz CT molecular complexity index is 1080. The van der Waals surface area contributed by atoms with Gasteiger partial charge in [0.25, 0.3) is 0 Å². The van der Waals surface area contributed by atoms with Gasteiger partial charge in [-0.05, 0) is 30.5 Å². The highest BCUT2D eigenvalue weighted by Crippen LogP contribution is 2.47. The molecule has 2 aliphatic carbocycles. The summed E-state index contributed by atoms with van der Waals surface area (Å²) in [7, 11) is 0. The van der Waals surface area contributed by atoms with Gasteiger partial charge in [-0.1, -0.05) is 55.0 Å².